The number of rotatable bonds is 9. The molecule has 15 heteroatoms. The van der Waals surface area contributed by atoms with Gasteiger partial charge in [0.05, 0.1) is 37.3 Å². The van der Waals surface area contributed by atoms with Crippen molar-refractivity contribution in [3.63, 3.8) is 0 Å². The van der Waals surface area contributed by atoms with Crippen LogP contribution in [-0.2, 0) is 9.84 Å². The summed E-state index contributed by atoms with van der Waals surface area (Å²) >= 11 is 23.7. The highest BCUT2D eigenvalue weighted by Gasteiger charge is 2.36. The SMILES string of the molecule is C[C@H](CS(=O)(=O)CC(F)(F)F)NC(=O)c1ccc(/C(F)=C/C(c2cc(Cl)c(Cl)c(Cl)c2)C(C)(F)F)cc1Cl. The predicted molar refractivity (Wildman–Crippen MR) is 137 cm³/mol. The maximum Gasteiger partial charge on any atom is 0.402 e. The van der Waals surface area contributed by atoms with Crippen LogP contribution in [0.15, 0.2) is 36.4 Å². The number of halogens is 10. The molecule has 1 amide bonds. The van der Waals surface area contributed by atoms with Gasteiger partial charge in [-0.25, -0.2) is 21.6 Å². The molecular formula is C23H19Cl4F6NO3S. The van der Waals surface area contributed by atoms with Gasteiger partial charge in [0, 0.05) is 18.5 Å². The minimum atomic E-state index is -4.94. The maximum absolute atomic E-state index is 15.0. The summed E-state index contributed by atoms with van der Waals surface area (Å²) in [6, 6.07) is 4.11. The predicted octanol–water partition coefficient (Wildman–Crippen LogP) is 8.15. The van der Waals surface area contributed by atoms with Gasteiger partial charge >= 0.3 is 6.18 Å². The molecule has 0 spiro atoms. The van der Waals surface area contributed by atoms with Crippen LogP contribution < -0.4 is 5.32 Å². The van der Waals surface area contributed by atoms with E-state index in [1.54, 1.807) is 0 Å². The van der Waals surface area contributed by atoms with Crippen molar-refractivity contribution in [1.82, 2.24) is 5.32 Å². The third-order valence-electron chi connectivity index (χ3n) is 4.98. The monoisotopic (exact) mass is 643 g/mol. The van der Waals surface area contributed by atoms with E-state index in [9.17, 15) is 35.2 Å². The van der Waals surface area contributed by atoms with Crippen LogP contribution in [-0.4, -0.2) is 44.0 Å². The average Bonchev–Trinajstić information content (AvgIpc) is 2.71. The van der Waals surface area contributed by atoms with E-state index >= 15 is 4.39 Å². The molecule has 2 atom stereocenters. The third kappa shape index (κ3) is 9.22. The number of carbonyl (C=O) groups is 1. The van der Waals surface area contributed by atoms with Crippen LogP contribution in [0.1, 0.15) is 41.3 Å². The zero-order valence-corrected chi connectivity index (χ0v) is 23.3. The first-order valence-corrected chi connectivity index (χ1v) is 13.8. The lowest BCUT2D eigenvalue weighted by molar-refractivity contribution is -0.106. The molecule has 0 saturated heterocycles. The molecule has 0 fully saturated rings. The summed E-state index contributed by atoms with van der Waals surface area (Å²) in [5.41, 5.74) is -0.645. The molecule has 0 aliphatic rings. The van der Waals surface area contributed by atoms with Gasteiger partial charge in [0.2, 0.25) is 0 Å². The van der Waals surface area contributed by atoms with E-state index in [1.807, 2.05) is 0 Å². The molecule has 0 aromatic heterocycles. The van der Waals surface area contributed by atoms with E-state index in [2.05, 4.69) is 5.32 Å². The van der Waals surface area contributed by atoms with Gasteiger partial charge in [-0.15, -0.1) is 0 Å². The molecule has 0 radical (unpaired) electrons. The number of nitrogens with one attached hydrogen (secondary N) is 1. The zero-order valence-electron chi connectivity index (χ0n) is 19.4. The number of sulfone groups is 1. The molecule has 1 unspecified atom stereocenters. The van der Waals surface area contributed by atoms with Crippen LogP contribution in [0.2, 0.25) is 20.1 Å². The van der Waals surface area contributed by atoms with E-state index in [-0.39, 0.29) is 36.8 Å². The van der Waals surface area contributed by atoms with Crippen molar-refractivity contribution >= 4 is 68.0 Å². The topological polar surface area (TPSA) is 63.2 Å². The van der Waals surface area contributed by atoms with Crippen LogP contribution in [0.3, 0.4) is 0 Å². The molecule has 0 bridgehead atoms. The fourth-order valence-corrected chi connectivity index (χ4v) is 5.75. The van der Waals surface area contributed by atoms with Crippen LogP contribution in [0.25, 0.3) is 5.83 Å². The average molecular weight is 645 g/mol. The van der Waals surface area contributed by atoms with Crippen molar-refractivity contribution in [2.75, 3.05) is 11.5 Å². The molecule has 0 aliphatic carbocycles. The van der Waals surface area contributed by atoms with Gasteiger partial charge in [-0.1, -0.05) is 52.5 Å². The van der Waals surface area contributed by atoms with Gasteiger partial charge in [-0.05, 0) is 42.8 Å². The standard InChI is InChI=1S/C23H19Cl4F6NO3S/c1-11(9-38(36,37)10-23(31,32)33)34-21(35)14-4-3-12(5-16(14)24)19(28)8-15(22(2,29)30)13-6-17(25)20(27)18(26)7-13/h3-8,11,15H,9-10H2,1-2H3,(H,34,35)/b19-8-/t11-,15?/m1/s1. The first-order chi connectivity index (χ1) is 17.2. The lowest BCUT2D eigenvalue weighted by Gasteiger charge is -2.22. The lowest BCUT2D eigenvalue weighted by atomic mass is 9.92. The van der Waals surface area contributed by atoms with Gasteiger partial charge in [0.25, 0.3) is 11.8 Å². The molecular weight excluding hydrogens is 626 g/mol. The Labute approximate surface area is 234 Å². The van der Waals surface area contributed by atoms with E-state index in [0.29, 0.717) is 13.0 Å². The van der Waals surface area contributed by atoms with Gasteiger partial charge in [0.1, 0.15) is 11.6 Å². The highest BCUT2D eigenvalue weighted by molar-refractivity contribution is 7.91. The summed E-state index contributed by atoms with van der Waals surface area (Å²) < 4.78 is 104. The molecule has 2 aromatic carbocycles. The number of hydrogen-bond acceptors (Lipinski definition) is 3. The van der Waals surface area contributed by atoms with Crippen molar-refractivity contribution in [3.05, 3.63) is 73.2 Å². The van der Waals surface area contributed by atoms with Crippen molar-refractivity contribution in [2.45, 2.75) is 37.9 Å². The van der Waals surface area contributed by atoms with Crippen molar-refractivity contribution in [1.29, 1.82) is 0 Å². The number of allylic oxidation sites excluding steroid dienone is 1. The second-order valence-electron chi connectivity index (χ2n) is 8.49. The first kappa shape index (κ1) is 32.6. The quantitative estimate of drug-likeness (QED) is 0.221. The third-order valence-corrected chi connectivity index (χ3v) is 8.26. The summed E-state index contributed by atoms with van der Waals surface area (Å²) in [4.78, 5) is 12.5. The Hall–Kier alpha value is -1.66. The second kappa shape index (κ2) is 12.2. The van der Waals surface area contributed by atoms with Crippen molar-refractivity contribution in [2.24, 2.45) is 0 Å². The minimum Gasteiger partial charge on any atom is -0.349 e. The molecule has 4 nitrogen and oxygen atoms in total. The molecule has 0 heterocycles. The summed E-state index contributed by atoms with van der Waals surface area (Å²) in [5.74, 6) is -10.4. The first-order valence-electron chi connectivity index (χ1n) is 10.5. The second-order valence-corrected chi connectivity index (χ2v) is 12.2. The highest BCUT2D eigenvalue weighted by atomic mass is 35.5. The van der Waals surface area contributed by atoms with Crippen LogP contribution in [0.4, 0.5) is 26.3 Å². The molecule has 38 heavy (non-hydrogen) atoms. The fourth-order valence-electron chi connectivity index (χ4n) is 3.41. The smallest absolute Gasteiger partial charge is 0.349 e. The van der Waals surface area contributed by atoms with Gasteiger partial charge < -0.3 is 5.32 Å². The van der Waals surface area contributed by atoms with E-state index < -0.39 is 57.1 Å². The molecule has 2 aromatic rings. The fraction of sp³-hybridized carbons (Fsp3) is 0.348. The Morgan fingerprint density at radius 1 is 1.00 bits per heavy atom. The number of benzene rings is 2. The van der Waals surface area contributed by atoms with Crippen LogP contribution >= 0.6 is 46.4 Å². The Balaban J connectivity index is 2.28. The van der Waals surface area contributed by atoms with Gasteiger partial charge in [0.15, 0.2) is 9.84 Å². The van der Waals surface area contributed by atoms with Crippen LogP contribution in [0, 0.1) is 0 Å². The summed E-state index contributed by atoms with van der Waals surface area (Å²) in [6.45, 7) is 1.74. The minimum absolute atomic E-state index is 0.0624. The van der Waals surface area contributed by atoms with E-state index in [1.165, 1.54) is 6.92 Å². The molecule has 2 rings (SSSR count). The highest BCUT2D eigenvalue weighted by Crippen LogP contribution is 2.41. The molecule has 210 valence electrons. The molecule has 1 N–H and O–H groups in total. The van der Waals surface area contributed by atoms with Crippen molar-refractivity contribution in [3.8, 4) is 0 Å². The van der Waals surface area contributed by atoms with Gasteiger partial charge in [-0.3, -0.25) is 4.79 Å². The summed E-state index contributed by atoms with van der Waals surface area (Å²) in [5, 5.41) is 1.58. The molecule has 0 aliphatic heterocycles. The summed E-state index contributed by atoms with van der Waals surface area (Å²) in [6.07, 6.45) is -4.32. The van der Waals surface area contributed by atoms with E-state index in [4.69, 9.17) is 46.4 Å². The molecule has 0 saturated carbocycles. The Kier molecular flexibility index (Phi) is 10.5. The Morgan fingerprint density at radius 3 is 2.03 bits per heavy atom. The number of hydrogen-bond donors (Lipinski definition) is 1. The largest absolute Gasteiger partial charge is 0.402 e. The summed E-state index contributed by atoms with van der Waals surface area (Å²) in [7, 11) is -4.56. The van der Waals surface area contributed by atoms with Gasteiger partial charge in [-0.2, -0.15) is 13.2 Å². The number of alkyl halides is 5. The zero-order chi connectivity index (χ0) is 29.2. The lowest BCUT2D eigenvalue weighted by Crippen LogP contribution is -2.39. The normalized spacial score (nSPS) is 14.8. The maximum atomic E-state index is 15.0. The van der Waals surface area contributed by atoms with Crippen molar-refractivity contribution < 1.29 is 39.6 Å². The number of carbonyl (C=O) groups excluding carboxylic acids is 1. The number of amides is 1. The van der Waals surface area contributed by atoms with E-state index in [0.717, 1.165) is 30.3 Å². The Bertz CT molecular complexity index is 1320. The van der Waals surface area contributed by atoms with Crippen LogP contribution in [0.5, 0.6) is 0 Å². The Morgan fingerprint density at radius 2 is 1.55 bits per heavy atom.